The summed E-state index contributed by atoms with van der Waals surface area (Å²) in [6, 6.07) is 3.32. The molecule has 1 aromatic rings. The molecule has 0 aromatic carbocycles. The number of likely N-dealkylation sites (tertiary alicyclic amines) is 1. The number of pyridine rings is 1. The molecule has 0 bridgehead atoms. The molecule has 122 valence electrons. The number of aryl methyl sites for hydroxylation is 1. The van der Waals surface area contributed by atoms with Gasteiger partial charge in [-0.25, -0.2) is 4.39 Å². The van der Waals surface area contributed by atoms with Gasteiger partial charge in [0.2, 0.25) is 5.91 Å². The molecule has 0 unspecified atom stereocenters. The van der Waals surface area contributed by atoms with Gasteiger partial charge in [0, 0.05) is 31.4 Å². The summed E-state index contributed by atoms with van der Waals surface area (Å²) in [4.78, 5) is 19.1. The highest BCUT2D eigenvalue weighted by atomic mass is 19.1. The van der Waals surface area contributed by atoms with Gasteiger partial charge in [-0.2, -0.15) is 0 Å². The fourth-order valence-electron chi connectivity index (χ4n) is 2.91. The van der Waals surface area contributed by atoms with Crippen molar-refractivity contribution in [1.29, 1.82) is 0 Å². The zero-order chi connectivity index (χ0) is 16.3. The third-order valence-electron chi connectivity index (χ3n) is 3.87. The molecule has 2 rings (SSSR count). The number of rotatable bonds is 6. The SMILES string of the molecule is Cc1ccc(O)c(CN(C)C[C@@H]2C[C@H](F)CN2CC(N)=O)n1. The predicted molar refractivity (Wildman–Crippen MR) is 81.0 cm³/mol. The van der Waals surface area contributed by atoms with Crippen molar-refractivity contribution >= 4 is 5.91 Å². The number of likely N-dealkylation sites (N-methyl/N-ethyl adjacent to an activating group) is 1. The normalized spacial score (nSPS) is 22.4. The lowest BCUT2D eigenvalue weighted by atomic mass is 10.2. The lowest BCUT2D eigenvalue weighted by Gasteiger charge is -2.27. The number of hydrogen-bond donors (Lipinski definition) is 2. The summed E-state index contributed by atoms with van der Waals surface area (Å²) in [5.41, 5.74) is 6.64. The van der Waals surface area contributed by atoms with E-state index in [-0.39, 0.29) is 24.9 Å². The van der Waals surface area contributed by atoms with Crippen molar-refractivity contribution < 1.29 is 14.3 Å². The van der Waals surface area contributed by atoms with Crippen LogP contribution in [0.25, 0.3) is 0 Å². The summed E-state index contributed by atoms with van der Waals surface area (Å²) in [7, 11) is 1.89. The topological polar surface area (TPSA) is 82.7 Å². The van der Waals surface area contributed by atoms with E-state index in [1.807, 2.05) is 18.9 Å². The van der Waals surface area contributed by atoms with Crippen LogP contribution in [0.1, 0.15) is 17.8 Å². The number of hydrogen-bond acceptors (Lipinski definition) is 5. The van der Waals surface area contributed by atoms with Gasteiger partial charge in [0.1, 0.15) is 11.9 Å². The monoisotopic (exact) mass is 310 g/mol. The Hall–Kier alpha value is -1.73. The number of primary amides is 1. The van der Waals surface area contributed by atoms with Crippen molar-refractivity contribution in [3.05, 3.63) is 23.5 Å². The van der Waals surface area contributed by atoms with Gasteiger partial charge >= 0.3 is 0 Å². The quantitative estimate of drug-likeness (QED) is 0.796. The zero-order valence-electron chi connectivity index (χ0n) is 13.0. The lowest BCUT2D eigenvalue weighted by Crippen LogP contribution is -2.42. The second-order valence-electron chi connectivity index (χ2n) is 6.00. The van der Waals surface area contributed by atoms with Gasteiger partial charge < -0.3 is 10.8 Å². The van der Waals surface area contributed by atoms with Gasteiger partial charge in [0.05, 0.1) is 12.2 Å². The van der Waals surface area contributed by atoms with Gasteiger partial charge in [-0.05, 0) is 32.5 Å². The Balaban J connectivity index is 1.96. The van der Waals surface area contributed by atoms with Crippen LogP contribution in [0.2, 0.25) is 0 Å². The molecule has 3 N–H and O–H groups in total. The summed E-state index contributed by atoms with van der Waals surface area (Å²) >= 11 is 0. The molecule has 0 aliphatic carbocycles. The minimum atomic E-state index is -0.928. The van der Waals surface area contributed by atoms with Crippen molar-refractivity contribution in [3.8, 4) is 5.75 Å². The predicted octanol–water partition coefficient (Wildman–Crippen LogP) is 0.425. The number of nitrogens with two attached hydrogens (primary N) is 1. The number of carbonyl (C=O) groups excluding carboxylic acids is 1. The minimum Gasteiger partial charge on any atom is -0.506 e. The van der Waals surface area contributed by atoms with Crippen LogP contribution in [0, 0.1) is 6.92 Å². The molecular weight excluding hydrogens is 287 g/mol. The first-order chi connectivity index (χ1) is 10.3. The Morgan fingerprint density at radius 1 is 1.59 bits per heavy atom. The number of aromatic nitrogens is 1. The van der Waals surface area contributed by atoms with Crippen LogP contribution in [0.3, 0.4) is 0 Å². The van der Waals surface area contributed by atoms with E-state index in [0.717, 1.165) is 5.69 Å². The standard InChI is InChI=1S/C15H23FN4O2/c1-10-3-4-14(21)13(18-10)8-19(2)7-12-5-11(16)6-20(12)9-15(17)22/h3-4,11-12,21H,5-9H2,1-2H3,(H2,17,22)/t11-,12-/m0/s1. The van der Waals surface area contributed by atoms with E-state index < -0.39 is 12.1 Å². The smallest absolute Gasteiger partial charge is 0.231 e. The van der Waals surface area contributed by atoms with Crippen molar-refractivity contribution in [2.24, 2.45) is 5.73 Å². The number of halogens is 1. The first kappa shape index (κ1) is 16.6. The van der Waals surface area contributed by atoms with E-state index in [4.69, 9.17) is 5.73 Å². The van der Waals surface area contributed by atoms with E-state index in [2.05, 4.69) is 4.98 Å². The number of aromatic hydroxyl groups is 1. The molecule has 1 aliphatic heterocycles. The summed E-state index contributed by atoms with van der Waals surface area (Å²) in [6.45, 7) is 3.23. The van der Waals surface area contributed by atoms with Crippen LogP contribution in [0.4, 0.5) is 4.39 Å². The number of nitrogens with zero attached hydrogens (tertiary/aromatic N) is 3. The molecule has 1 aliphatic rings. The van der Waals surface area contributed by atoms with Crippen molar-refractivity contribution in [1.82, 2.24) is 14.8 Å². The molecular formula is C15H23FN4O2. The van der Waals surface area contributed by atoms with Crippen molar-refractivity contribution in [2.75, 3.05) is 26.7 Å². The van der Waals surface area contributed by atoms with E-state index in [1.54, 1.807) is 17.0 Å². The number of carbonyl (C=O) groups is 1. The molecule has 0 radical (unpaired) electrons. The molecule has 22 heavy (non-hydrogen) atoms. The number of alkyl halides is 1. The Bertz CT molecular complexity index is 540. The largest absolute Gasteiger partial charge is 0.506 e. The van der Waals surface area contributed by atoms with Gasteiger partial charge in [0.15, 0.2) is 0 Å². The molecule has 1 amide bonds. The van der Waals surface area contributed by atoms with E-state index in [0.29, 0.717) is 25.2 Å². The van der Waals surface area contributed by atoms with Gasteiger partial charge in [-0.1, -0.05) is 0 Å². The Morgan fingerprint density at radius 3 is 3.00 bits per heavy atom. The van der Waals surface area contributed by atoms with E-state index in [9.17, 15) is 14.3 Å². The van der Waals surface area contributed by atoms with Crippen LogP contribution >= 0.6 is 0 Å². The van der Waals surface area contributed by atoms with Crippen LogP contribution in [0.5, 0.6) is 5.75 Å². The van der Waals surface area contributed by atoms with Crippen LogP contribution in [-0.4, -0.2) is 64.7 Å². The average molecular weight is 310 g/mol. The van der Waals surface area contributed by atoms with E-state index in [1.165, 1.54) is 0 Å². The second kappa shape index (κ2) is 7.02. The average Bonchev–Trinajstić information content (AvgIpc) is 2.73. The summed E-state index contributed by atoms with van der Waals surface area (Å²) in [5, 5.41) is 9.84. The first-order valence-electron chi connectivity index (χ1n) is 7.35. The highest BCUT2D eigenvalue weighted by molar-refractivity contribution is 5.76. The second-order valence-corrected chi connectivity index (χ2v) is 6.00. The van der Waals surface area contributed by atoms with Crippen LogP contribution in [-0.2, 0) is 11.3 Å². The molecule has 1 aromatic heterocycles. The summed E-state index contributed by atoms with van der Waals surface area (Å²) in [5.74, 6) is -0.291. The lowest BCUT2D eigenvalue weighted by molar-refractivity contribution is -0.119. The molecule has 0 spiro atoms. The van der Waals surface area contributed by atoms with Gasteiger partial charge in [-0.3, -0.25) is 19.6 Å². The molecule has 1 saturated heterocycles. The Morgan fingerprint density at radius 2 is 2.32 bits per heavy atom. The minimum absolute atomic E-state index is 0.0561. The Labute approximate surface area is 129 Å². The molecule has 6 nitrogen and oxygen atoms in total. The molecule has 7 heteroatoms. The molecule has 1 fully saturated rings. The fourth-order valence-corrected chi connectivity index (χ4v) is 2.91. The highest BCUT2D eigenvalue weighted by Crippen LogP contribution is 2.22. The van der Waals surface area contributed by atoms with Crippen molar-refractivity contribution in [3.63, 3.8) is 0 Å². The Kier molecular flexibility index (Phi) is 5.31. The maximum atomic E-state index is 13.6. The maximum Gasteiger partial charge on any atom is 0.231 e. The zero-order valence-corrected chi connectivity index (χ0v) is 13.0. The third-order valence-corrected chi connectivity index (χ3v) is 3.87. The molecule has 2 atom stereocenters. The first-order valence-corrected chi connectivity index (χ1v) is 7.35. The van der Waals surface area contributed by atoms with Crippen molar-refractivity contribution in [2.45, 2.75) is 32.1 Å². The third kappa shape index (κ3) is 4.38. The van der Waals surface area contributed by atoms with Gasteiger partial charge in [-0.15, -0.1) is 0 Å². The molecule has 0 saturated carbocycles. The summed E-state index contributed by atoms with van der Waals surface area (Å²) in [6.07, 6.45) is -0.534. The van der Waals surface area contributed by atoms with Gasteiger partial charge in [0.25, 0.3) is 0 Å². The van der Waals surface area contributed by atoms with Crippen LogP contribution in [0.15, 0.2) is 12.1 Å². The summed E-state index contributed by atoms with van der Waals surface area (Å²) < 4.78 is 13.6. The van der Waals surface area contributed by atoms with Crippen LogP contribution < -0.4 is 5.73 Å². The highest BCUT2D eigenvalue weighted by Gasteiger charge is 2.33. The number of amides is 1. The maximum absolute atomic E-state index is 13.6. The molecule has 2 heterocycles. The van der Waals surface area contributed by atoms with E-state index >= 15 is 0 Å². The fraction of sp³-hybridized carbons (Fsp3) is 0.600.